The Hall–Kier alpha value is -2.69. The SMILES string of the molecule is CCc1ccc(OCC(=O)Nc2cc(OC)c(OC)cc2C)cc1. The number of anilines is 1. The van der Waals surface area contributed by atoms with Crippen LogP contribution in [-0.2, 0) is 11.2 Å². The van der Waals surface area contributed by atoms with Gasteiger partial charge in [-0.05, 0) is 42.7 Å². The Bertz CT molecular complexity index is 695. The van der Waals surface area contributed by atoms with E-state index in [4.69, 9.17) is 14.2 Å². The van der Waals surface area contributed by atoms with Crippen molar-refractivity contribution in [3.63, 3.8) is 0 Å². The Morgan fingerprint density at radius 1 is 1.04 bits per heavy atom. The van der Waals surface area contributed by atoms with Gasteiger partial charge in [-0.1, -0.05) is 19.1 Å². The van der Waals surface area contributed by atoms with Gasteiger partial charge in [0.1, 0.15) is 5.75 Å². The van der Waals surface area contributed by atoms with Crippen LogP contribution in [0.15, 0.2) is 36.4 Å². The molecule has 0 bridgehead atoms. The van der Waals surface area contributed by atoms with Crippen molar-refractivity contribution in [2.24, 2.45) is 0 Å². The van der Waals surface area contributed by atoms with Gasteiger partial charge in [-0.2, -0.15) is 0 Å². The van der Waals surface area contributed by atoms with E-state index in [2.05, 4.69) is 12.2 Å². The van der Waals surface area contributed by atoms with Crippen molar-refractivity contribution in [3.8, 4) is 17.2 Å². The fourth-order valence-corrected chi connectivity index (χ4v) is 2.27. The van der Waals surface area contributed by atoms with Gasteiger partial charge in [0.2, 0.25) is 0 Å². The summed E-state index contributed by atoms with van der Waals surface area (Å²) in [5.74, 6) is 1.63. The molecule has 2 rings (SSSR count). The lowest BCUT2D eigenvalue weighted by Gasteiger charge is -2.14. The maximum atomic E-state index is 12.1. The van der Waals surface area contributed by atoms with Crippen molar-refractivity contribution in [3.05, 3.63) is 47.5 Å². The fraction of sp³-hybridized carbons (Fsp3) is 0.316. The van der Waals surface area contributed by atoms with Gasteiger partial charge in [0, 0.05) is 11.8 Å². The van der Waals surface area contributed by atoms with Crippen LogP contribution in [0.2, 0.25) is 0 Å². The zero-order valence-corrected chi connectivity index (χ0v) is 14.5. The Kier molecular flexibility index (Phi) is 6.07. The highest BCUT2D eigenvalue weighted by atomic mass is 16.5. The summed E-state index contributed by atoms with van der Waals surface area (Å²) in [6, 6.07) is 11.3. The molecule has 2 aromatic rings. The van der Waals surface area contributed by atoms with E-state index in [1.165, 1.54) is 5.56 Å². The van der Waals surface area contributed by atoms with Crippen LogP contribution in [0.1, 0.15) is 18.1 Å². The van der Waals surface area contributed by atoms with Gasteiger partial charge < -0.3 is 19.5 Å². The number of hydrogen-bond donors (Lipinski definition) is 1. The summed E-state index contributed by atoms with van der Waals surface area (Å²) in [6.45, 7) is 3.93. The van der Waals surface area contributed by atoms with Crippen LogP contribution < -0.4 is 19.5 Å². The fourth-order valence-electron chi connectivity index (χ4n) is 2.27. The molecule has 0 heterocycles. The van der Waals surface area contributed by atoms with Crippen LogP contribution in [0.25, 0.3) is 0 Å². The molecule has 1 amide bonds. The zero-order chi connectivity index (χ0) is 17.5. The topological polar surface area (TPSA) is 56.8 Å². The first-order valence-electron chi connectivity index (χ1n) is 7.81. The molecule has 1 N–H and O–H groups in total. The summed E-state index contributed by atoms with van der Waals surface area (Å²) in [6.07, 6.45) is 0.972. The average Bonchev–Trinajstić information content (AvgIpc) is 2.61. The standard InChI is InChI=1S/C19H23NO4/c1-5-14-6-8-15(9-7-14)24-12-19(21)20-16-11-18(23-4)17(22-3)10-13(16)2/h6-11H,5,12H2,1-4H3,(H,20,21). The zero-order valence-electron chi connectivity index (χ0n) is 14.5. The molecule has 0 spiro atoms. The Labute approximate surface area is 142 Å². The summed E-state index contributed by atoms with van der Waals surface area (Å²) in [4.78, 5) is 12.1. The number of carbonyl (C=O) groups excluding carboxylic acids is 1. The molecule has 0 saturated heterocycles. The van der Waals surface area contributed by atoms with Gasteiger partial charge in [0.25, 0.3) is 5.91 Å². The molecule has 0 radical (unpaired) electrons. The van der Waals surface area contributed by atoms with Crippen molar-refractivity contribution < 1.29 is 19.0 Å². The lowest BCUT2D eigenvalue weighted by molar-refractivity contribution is -0.118. The van der Waals surface area contributed by atoms with Crippen LogP contribution in [0.5, 0.6) is 17.2 Å². The lowest BCUT2D eigenvalue weighted by Crippen LogP contribution is -2.20. The van der Waals surface area contributed by atoms with Crippen LogP contribution in [-0.4, -0.2) is 26.7 Å². The number of carbonyl (C=O) groups is 1. The summed E-state index contributed by atoms with van der Waals surface area (Å²) < 4.78 is 16.0. The van der Waals surface area contributed by atoms with Crippen molar-refractivity contribution in [2.75, 3.05) is 26.1 Å². The summed E-state index contributed by atoms with van der Waals surface area (Å²) in [7, 11) is 3.13. The van der Waals surface area contributed by atoms with Gasteiger partial charge in [-0.25, -0.2) is 0 Å². The van der Waals surface area contributed by atoms with Crippen LogP contribution in [0, 0.1) is 6.92 Å². The number of benzene rings is 2. The van der Waals surface area contributed by atoms with Crippen molar-refractivity contribution >= 4 is 11.6 Å². The monoisotopic (exact) mass is 329 g/mol. The number of hydrogen-bond acceptors (Lipinski definition) is 4. The number of rotatable bonds is 7. The predicted molar refractivity (Wildman–Crippen MR) is 94.2 cm³/mol. The number of methoxy groups -OCH3 is 2. The number of aryl methyl sites for hydroxylation is 2. The Morgan fingerprint density at radius 3 is 2.25 bits per heavy atom. The van der Waals surface area contributed by atoms with E-state index < -0.39 is 0 Å². The van der Waals surface area contributed by atoms with Crippen LogP contribution >= 0.6 is 0 Å². The molecule has 0 saturated carbocycles. The maximum Gasteiger partial charge on any atom is 0.262 e. The lowest BCUT2D eigenvalue weighted by atomic mass is 10.1. The molecule has 2 aromatic carbocycles. The molecule has 0 aromatic heterocycles. The highest BCUT2D eigenvalue weighted by Crippen LogP contribution is 2.32. The minimum atomic E-state index is -0.232. The molecule has 0 aliphatic rings. The van der Waals surface area contributed by atoms with E-state index in [1.807, 2.05) is 37.3 Å². The molecule has 0 unspecified atom stereocenters. The molecule has 0 fully saturated rings. The molecule has 0 atom stereocenters. The smallest absolute Gasteiger partial charge is 0.262 e. The molecule has 24 heavy (non-hydrogen) atoms. The number of amides is 1. The first-order chi connectivity index (χ1) is 11.6. The quantitative estimate of drug-likeness (QED) is 0.843. The van der Waals surface area contributed by atoms with Gasteiger partial charge in [0.15, 0.2) is 18.1 Å². The van der Waals surface area contributed by atoms with E-state index in [0.717, 1.165) is 12.0 Å². The third-order valence-electron chi connectivity index (χ3n) is 3.71. The third kappa shape index (κ3) is 4.41. The molecular formula is C19H23NO4. The first kappa shape index (κ1) is 17.7. The second-order valence-corrected chi connectivity index (χ2v) is 5.36. The van der Waals surface area contributed by atoms with Crippen LogP contribution in [0.3, 0.4) is 0 Å². The summed E-state index contributed by atoms with van der Waals surface area (Å²) in [5.41, 5.74) is 2.78. The highest BCUT2D eigenvalue weighted by molar-refractivity contribution is 5.93. The molecular weight excluding hydrogens is 306 g/mol. The molecule has 0 aliphatic heterocycles. The second-order valence-electron chi connectivity index (χ2n) is 5.36. The van der Waals surface area contributed by atoms with Gasteiger partial charge >= 0.3 is 0 Å². The molecule has 5 heteroatoms. The molecule has 0 aliphatic carbocycles. The van der Waals surface area contributed by atoms with Gasteiger partial charge in [-0.3, -0.25) is 4.79 Å². The van der Waals surface area contributed by atoms with E-state index in [-0.39, 0.29) is 12.5 Å². The Balaban J connectivity index is 1.98. The van der Waals surface area contributed by atoms with Crippen LogP contribution in [0.4, 0.5) is 5.69 Å². The largest absolute Gasteiger partial charge is 0.493 e. The van der Waals surface area contributed by atoms with Gasteiger partial charge in [-0.15, -0.1) is 0 Å². The summed E-state index contributed by atoms with van der Waals surface area (Å²) >= 11 is 0. The minimum absolute atomic E-state index is 0.0563. The number of nitrogens with one attached hydrogen (secondary N) is 1. The van der Waals surface area contributed by atoms with Crippen molar-refractivity contribution in [2.45, 2.75) is 20.3 Å². The van der Waals surface area contributed by atoms with Crippen molar-refractivity contribution in [1.29, 1.82) is 0 Å². The average molecular weight is 329 g/mol. The van der Waals surface area contributed by atoms with E-state index in [0.29, 0.717) is 22.9 Å². The summed E-state index contributed by atoms with van der Waals surface area (Å²) in [5, 5.41) is 2.83. The minimum Gasteiger partial charge on any atom is -0.493 e. The highest BCUT2D eigenvalue weighted by Gasteiger charge is 2.11. The number of ether oxygens (including phenoxy) is 3. The van der Waals surface area contributed by atoms with E-state index >= 15 is 0 Å². The van der Waals surface area contributed by atoms with Crippen molar-refractivity contribution in [1.82, 2.24) is 0 Å². The van der Waals surface area contributed by atoms with E-state index in [9.17, 15) is 4.79 Å². The molecule has 5 nitrogen and oxygen atoms in total. The first-order valence-corrected chi connectivity index (χ1v) is 7.81. The third-order valence-corrected chi connectivity index (χ3v) is 3.71. The van der Waals surface area contributed by atoms with Gasteiger partial charge in [0.05, 0.1) is 14.2 Å². The Morgan fingerprint density at radius 2 is 1.67 bits per heavy atom. The maximum absolute atomic E-state index is 12.1. The predicted octanol–water partition coefficient (Wildman–Crippen LogP) is 3.59. The molecule has 128 valence electrons. The van der Waals surface area contributed by atoms with E-state index in [1.54, 1.807) is 20.3 Å². The second kappa shape index (κ2) is 8.24. The normalized spacial score (nSPS) is 10.2.